The molecule has 2 rings (SSSR count). The fourth-order valence-electron chi connectivity index (χ4n) is 1.13. The first-order chi connectivity index (χ1) is 7.09. The van der Waals surface area contributed by atoms with Gasteiger partial charge in [0.05, 0.1) is 5.56 Å². The van der Waals surface area contributed by atoms with Crippen molar-refractivity contribution >= 4 is 37.7 Å². The Morgan fingerprint density at radius 2 is 2.07 bits per heavy atom. The summed E-state index contributed by atoms with van der Waals surface area (Å²) in [5.41, 5.74) is 5.79. The maximum atomic E-state index is 13.5. The Morgan fingerprint density at radius 1 is 1.33 bits per heavy atom. The monoisotopic (exact) mass is 334 g/mol. The second kappa shape index (κ2) is 3.94. The zero-order valence-corrected chi connectivity index (χ0v) is 10.5. The predicted molar refractivity (Wildman–Crippen MR) is 61.7 cm³/mol. The topological polar surface area (TPSA) is 52.0 Å². The fourth-order valence-corrected chi connectivity index (χ4v) is 1.82. The molecule has 0 unspecified atom stereocenters. The normalized spacial score (nSPS) is 10.6. The van der Waals surface area contributed by atoms with Crippen molar-refractivity contribution in [2.75, 3.05) is 5.73 Å². The molecule has 2 aromatic rings. The molecule has 2 N–H and O–H groups in total. The highest BCUT2D eigenvalue weighted by molar-refractivity contribution is 9.11. The van der Waals surface area contributed by atoms with E-state index in [0.717, 1.165) is 0 Å². The summed E-state index contributed by atoms with van der Waals surface area (Å²) in [6.07, 6.45) is 0. The Labute approximate surface area is 102 Å². The van der Waals surface area contributed by atoms with Gasteiger partial charge in [0.2, 0.25) is 0 Å². The van der Waals surface area contributed by atoms with Crippen LogP contribution in [-0.4, -0.2) is 5.16 Å². The third kappa shape index (κ3) is 1.91. The number of aromatic nitrogens is 1. The van der Waals surface area contributed by atoms with E-state index >= 15 is 0 Å². The van der Waals surface area contributed by atoms with Gasteiger partial charge >= 0.3 is 0 Å². The van der Waals surface area contributed by atoms with Gasteiger partial charge in [-0.3, -0.25) is 0 Å². The second-order valence-corrected chi connectivity index (χ2v) is 4.54. The van der Waals surface area contributed by atoms with Gasteiger partial charge in [-0.2, -0.15) is 0 Å². The molecule has 1 heterocycles. The predicted octanol–water partition coefficient (Wildman–Crippen LogP) is 3.59. The van der Waals surface area contributed by atoms with Crippen LogP contribution in [0.2, 0.25) is 0 Å². The summed E-state index contributed by atoms with van der Waals surface area (Å²) in [6.45, 7) is 0. The average Bonchev–Trinajstić information content (AvgIpc) is 2.49. The van der Waals surface area contributed by atoms with Crippen LogP contribution in [0.1, 0.15) is 0 Å². The highest BCUT2D eigenvalue weighted by atomic mass is 79.9. The van der Waals surface area contributed by atoms with Crippen LogP contribution in [0.15, 0.2) is 31.7 Å². The summed E-state index contributed by atoms with van der Waals surface area (Å²) in [7, 11) is 0. The van der Waals surface area contributed by atoms with E-state index in [2.05, 4.69) is 37.0 Å². The van der Waals surface area contributed by atoms with Gasteiger partial charge in [-0.15, -0.1) is 0 Å². The molecule has 0 radical (unpaired) electrons. The molecule has 0 saturated carbocycles. The van der Waals surface area contributed by atoms with Gasteiger partial charge in [-0.05, 0) is 34.1 Å². The van der Waals surface area contributed by atoms with Crippen molar-refractivity contribution in [2.24, 2.45) is 0 Å². The average molecular weight is 336 g/mol. The van der Waals surface area contributed by atoms with Crippen LogP contribution >= 0.6 is 31.9 Å². The van der Waals surface area contributed by atoms with Crippen LogP contribution in [0.3, 0.4) is 0 Å². The number of hydrogen-bond acceptors (Lipinski definition) is 3. The standard InChI is InChI=1S/C9H5Br2FN2O/c10-4-1-2-5(6(12)3-4)8-7(11)9(13)14-15-8/h1-3H,(H2,13,14). The van der Waals surface area contributed by atoms with Gasteiger partial charge in [-0.25, -0.2) is 4.39 Å². The van der Waals surface area contributed by atoms with Crippen LogP contribution < -0.4 is 5.73 Å². The molecule has 1 aromatic carbocycles. The molecule has 0 aliphatic heterocycles. The third-order valence-electron chi connectivity index (χ3n) is 1.84. The van der Waals surface area contributed by atoms with E-state index in [9.17, 15) is 4.39 Å². The van der Waals surface area contributed by atoms with Gasteiger partial charge in [-0.1, -0.05) is 21.1 Å². The number of hydrogen-bond donors (Lipinski definition) is 1. The number of nitrogens with zero attached hydrogens (tertiary/aromatic N) is 1. The van der Waals surface area contributed by atoms with Crippen molar-refractivity contribution in [2.45, 2.75) is 0 Å². The van der Waals surface area contributed by atoms with Crippen LogP contribution in [-0.2, 0) is 0 Å². The van der Waals surface area contributed by atoms with Crippen LogP contribution in [0.25, 0.3) is 11.3 Å². The van der Waals surface area contributed by atoms with Crippen molar-refractivity contribution in [1.29, 1.82) is 0 Å². The quantitative estimate of drug-likeness (QED) is 0.866. The first-order valence-corrected chi connectivity index (χ1v) is 5.54. The molecule has 78 valence electrons. The summed E-state index contributed by atoms with van der Waals surface area (Å²) >= 11 is 6.35. The van der Waals surface area contributed by atoms with Crippen molar-refractivity contribution in [3.63, 3.8) is 0 Å². The smallest absolute Gasteiger partial charge is 0.186 e. The number of nitrogens with two attached hydrogens (primary N) is 1. The summed E-state index contributed by atoms with van der Waals surface area (Å²) in [6, 6.07) is 4.65. The Bertz CT molecular complexity index is 513. The number of anilines is 1. The first-order valence-electron chi connectivity index (χ1n) is 3.95. The summed E-state index contributed by atoms with van der Waals surface area (Å²) in [4.78, 5) is 0. The first kappa shape index (κ1) is 10.6. The largest absolute Gasteiger partial charge is 0.380 e. The summed E-state index contributed by atoms with van der Waals surface area (Å²) in [5, 5.41) is 3.53. The molecule has 3 nitrogen and oxygen atoms in total. The van der Waals surface area contributed by atoms with Crippen LogP contribution in [0.5, 0.6) is 0 Å². The zero-order valence-electron chi connectivity index (χ0n) is 7.30. The Balaban J connectivity index is 2.59. The number of nitrogen functional groups attached to an aromatic ring is 1. The lowest BCUT2D eigenvalue weighted by atomic mass is 10.1. The van der Waals surface area contributed by atoms with Crippen molar-refractivity contribution in [3.8, 4) is 11.3 Å². The molecule has 0 aliphatic carbocycles. The van der Waals surface area contributed by atoms with E-state index in [1.165, 1.54) is 6.07 Å². The van der Waals surface area contributed by atoms with E-state index in [4.69, 9.17) is 10.3 Å². The van der Waals surface area contributed by atoms with Crippen LogP contribution in [0.4, 0.5) is 10.2 Å². The molecular weight excluding hydrogens is 331 g/mol. The van der Waals surface area contributed by atoms with Crippen molar-refractivity contribution in [3.05, 3.63) is 33.0 Å². The Kier molecular flexibility index (Phi) is 2.79. The SMILES string of the molecule is Nc1noc(-c2ccc(Br)cc2F)c1Br. The van der Waals surface area contributed by atoms with E-state index in [-0.39, 0.29) is 11.6 Å². The molecule has 0 saturated heterocycles. The maximum Gasteiger partial charge on any atom is 0.186 e. The minimum absolute atomic E-state index is 0.201. The van der Waals surface area contributed by atoms with Crippen molar-refractivity contribution in [1.82, 2.24) is 5.16 Å². The molecule has 1 aromatic heterocycles. The summed E-state index contributed by atoms with van der Waals surface area (Å²) in [5.74, 6) is 0.0889. The molecular formula is C9H5Br2FN2O. The fraction of sp³-hybridized carbons (Fsp3) is 0. The minimum Gasteiger partial charge on any atom is -0.380 e. The van der Waals surface area contributed by atoms with E-state index < -0.39 is 5.82 Å². The van der Waals surface area contributed by atoms with Crippen molar-refractivity contribution < 1.29 is 8.91 Å². The molecule has 0 fully saturated rings. The van der Waals surface area contributed by atoms with E-state index in [1.54, 1.807) is 12.1 Å². The highest BCUT2D eigenvalue weighted by Gasteiger charge is 2.16. The van der Waals surface area contributed by atoms with Gasteiger partial charge in [0.15, 0.2) is 11.6 Å². The van der Waals surface area contributed by atoms with Crippen LogP contribution in [0, 0.1) is 5.82 Å². The maximum absolute atomic E-state index is 13.5. The van der Waals surface area contributed by atoms with E-state index in [1.807, 2.05) is 0 Å². The van der Waals surface area contributed by atoms with Gasteiger partial charge in [0.25, 0.3) is 0 Å². The third-order valence-corrected chi connectivity index (χ3v) is 3.09. The molecule has 0 atom stereocenters. The lowest BCUT2D eigenvalue weighted by molar-refractivity contribution is 0.433. The van der Waals surface area contributed by atoms with Gasteiger partial charge < -0.3 is 10.3 Å². The highest BCUT2D eigenvalue weighted by Crippen LogP contribution is 2.34. The molecule has 0 bridgehead atoms. The van der Waals surface area contributed by atoms with Gasteiger partial charge in [0.1, 0.15) is 10.3 Å². The number of rotatable bonds is 1. The molecule has 0 amide bonds. The summed E-state index contributed by atoms with van der Waals surface area (Å²) < 4.78 is 19.6. The number of halogens is 3. The van der Waals surface area contributed by atoms with E-state index in [0.29, 0.717) is 14.5 Å². The molecule has 15 heavy (non-hydrogen) atoms. The van der Waals surface area contributed by atoms with Gasteiger partial charge in [0, 0.05) is 4.47 Å². The minimum atomic E-state index is -0.402. The molecule has 6 heteroatoms. The second-order valence-electron chi connectivity index (χ2n) is 2.84. The Hall–Kier alpha value is -0.880. The lowest BCUT2D eigenvalue weighted by Gasteiger charge is -1.99. The zero-order chi connectivity index (χ0) is 11.0. The molecule has 0 spiro atoms. The molecule has 0 aliphatic rings. The number of benzene rings is 1. The lowest BCUT2D eigenvalue weighted by Crippen LogP contribution is -1.85. The Morgan fingerprint density at radius 3 is 2.60 bits per heavy atom.